The van der Waals surface area contributed by atoms with E-state index in [9.17, 15) is 14.7 Å². The lowest BCUT2D eigenvalue weighted by molar-refractivity contribution is 0.0597. The molecule has 0 amide bonds. The Balaban J connectivity index is 1.46. The van der Waals surface area contributed by atoms with Crippen LogP contribution in [0.3, 0.4) is 0 Å². The Morgan fingerprint density at radius 3 is 2.50 bits per heavy atom. The number of pyridine rings is 1. The summed E-state index contributed by atoms with van der Waals surface area (Å²) < 4.78 is 21.3. The highest BCUT2D eigenvalue weighted by molar-refractivity contribution is 5.90. The van der Waals surface area contributed by atoms with Crippen LogP contribution in [-0.4, -0.2) is 23.2 Å². The number of benzene rings is 2. The first-order chi connectivity index (χ1) is 16.5. The van der Waals surface area contributed by atoms with E-state index in [1.807, 2.05) is 12.1 Å². The minimum atomic E-state index is -0.845. The summed E-state index contributed by atoms with van der Waals surface area (Å²) >= 11 is 0. The fraction of sp³-hybridized carbons (Fsp3) is 0.115. The zero-order valence-corrected chi connectivity index (χ0v) is 18.3. The minimum absolute atomic E-state index is 0.133. The Hall–Kier alpha value is -4.59. The summed E-state index contributed by atoms with van der Waals surface area (Å²) in [7, 11) is 1.28. The van der Waals surface area contributed by atoms with Crippen LogP contribution in [0.25, 0.3) is 11.3 Å². The summed E-state index contributed by atoms with van der Waals surface area (Å²) in [6, 6.07) is 18.6. The lowest BCUT2D eigenvalue weighted by Crippen LogP contribution is -2.11. The topological polar surface area (TPSA) is 108 Å². The fourth-order valence-electron chi connectivity index (χ4n) is 3.22. The Kier molecular flexibility index (Phi) is 6.88. The highest BCUT2D eigenvalue weighted by Crippen LogP contribution is 2.30. The van der Waals surface area contributed by atoms with E-state index >= 15 is 0 Å². The Labute approximate surface area is 195 Å². The Morgan fingerprint density at radius 2 is 1.79 bits per heavy atom. The van der Waals surface area contributed by atoms with Gasteiger partial charge >= 0.3 is 11.6 Å². The second kappa shape index (κ2) is 10.4. The Morgan fingerprint density at radius 1 is 1.00 bits per heavy atom. The number of carbonyl (C=O) groups is 1. The lowest BCUT2D eigenvalue weighted by atomic mass is 10.1. The van der Waals surface area contributed by atoms with Crippen molar-refractivity contribution in [2.75, 3.05) is 7.11 Å². The van der Waals surface area contributed by atoms with E-state index in [0.717, 1.165) is 5.56 Å². The van der Waals surface area contributed by atoms with Gasteiger partial charge in [-0.25, -0.2) is 9.59 Å². The van der Waals surface area contributed by atoms with Crippen LogP contribution in [0.5, 0.6) is 17.2 Å². The number of hydrogen-bond donors (Lipinski definition) is 1. The molecule has 0 radical (unpaired) electrons. The molecule has 0 atom stereocenters. The average molecular weight is 459 g/mol. The summed E-state index contributed by atoms with van der Waals surface area (Å²) in [4.78, 5) is 28.4. The third kappa shape index (κ3) is 5.24. The van der Waals surface area contributed by atoms with Gasteiger partial charge in [0.05, 0.1) is 12.7 Å². The number of hydrogen-bond acceptors (Lipinski definition) is 8. The molecule has 0 fully saturated rings. The van der Waals surface area contributed by atoms with Crippen molar-refractivity contribution in [3.05, 3.63) is 106 Å². The highest BCUT2D eigenvalue weighted by Gasteiger charge is 2.17. The van der Waals surface area contributed by atoms with Gasteiger partial charge in [0.2, 0.25) is 5.75 Å². The molecule has 4 rings (SSSR count). The van der Waals surface area contributed by atoms with Crippen LogP contribution in [0.4, 0.5) is 0 Å². The molecule has 0 aliphatic rings. The van der Waals surface area contributed by atoms with Crippen LogP contribution in [0.1, 0.15) is 21.5 Å². The smallest absolute Gasteiger partial charge is 0.383 e. The van der Waals surface area contributed by atoms with Crippen molar-refractivity contribution in [2.45, 2.75) is 13.2 Å². The summed E-state index contributed by atoms with van der Waals surface area (Å²) in [5.41, 5.74) is 1.47. The summed E-state index contributed by atoms with van der Waals surface area (Å²) in [5, 5.41) is 10.4. The minimum Gasteiger partial charge on any atom is -0.504 e. The number of esters is 1. The van der Waals surface area contributed by atoms with E-state index in [0.29, 0.717) is 29.0 Å². The van der Waals surface area contributed by atoms with Gasteiger partial charge in [-0.05, 0) is 36.4 Å². The maximum absolute atomic E-state index is 12.5. The maximum Gasteiger partial charge on any atom is 0.383 e. The first-order valence-electron chi connectivity index (χ1n) is 10.3. The van der Waals surface area contributed by atoms with Crippen LogP contribution in [-0.2, 0) is 18.0 Å². The molecule has 1 N–H and O–H groups in total. The third-order valence-electron chi connectivity index (χ3n) is 4.95. The zero-order valence-electron chi connectivity index (χ0n) is 18.3. The van der Waals surface area contributed by atoms with E-state index < -0.39 is 11.6 Å². The van der Waals surface area contributed by atoms with Crippen molar-refractivity contribution in [1.29, 1.82) is 0 Å². The first-order valence-corrected chi connectivity index (χ1v) is 10.3. The average Bonchev–Trinajstić information content (AvgIpc) is 2.87. The van der Waals surface area contributed by atoms with E-state index in [4.69, 9.17) is 18.6 Å². The van der Waals surface area contributed by atoms with Crippen molar-refractivity contribution in [2.24, 2.45) is 0 Å². The van der Waals surface area contributed by atoms with Crippen molar-refractivity contribution >= 4 is 5.97 Å². The molecule has 2 aromatic heterocycles. The molecule has 0 unspecified atom stereocenters. The molecule has 34 heavy (non-hydrogen) atoms. The molecule has 2 aromatic carbocycles. The molecule has 0 bridgehead atoms. The first kappa shape index (κ1) is 22.6. The van der Waals surface area contributed by atoms with Crippen LogP contribution < -0.4 is 15.1 Å². The molecule has 4 aromatic rings. The number of rotatable bonds is 8. The predicted octanol–water partition coefficient (Wildman–Crippen LogP) is 4.35. The van der Waals surface area contributed by atoms with Gasteiger partial charge in [-0.15, -0.1) is 0 Å². The molecular formula is C26H21NO7. The SMILES string of the molecule is COC(=O)c1ccccc1COc1c(O)cc(-c2ccc(OCc3cccnc3)cc2)oc1=O. The second-order valence-electron chi connectivity index (χ2n) is 7.22. The number of nitrogens with zero attached hydrogens (tertiary/aromatic N) is 1. The number of carbonyl (C=O) groups excluding carboxylic acids is 1. The van der Waals surface area contributed by atoms with Gasteiger partial charge in [-0.2, -0.15) is 0 Å². The van der Waals surface area contributed by atoms with Crippen molar-refractivity contribution in [3.8, 4) is 28.6 Å². The third-order valence-corrected chi connectivity index (χ3v) is 4.95. The Bertz CT molecular complexity index is 1330. The largest absolute Gasteiger partial charge is 0.504 e. The number of ether oxygens (including phenoxy) is 3. The van der Waals surface area contributed by atoms with Gasteiger partial charge < -0.3 is 23.7 Å². The normalized spacial score (nSPS) is 10.5. The van der Waals surface area contributed by atoms with Crippen molar-refractivity contribution < 1.29 is 28.5 Å². The monoisotopic (exact) mass is 459 g/mol. The summed E-state index contributed by atoms with van der Waals surface area (Å²) in [6.07, 6.45) is 3.42. The van der Waals surface area contributed by atoms with Crippen molar-refractivity contribution in [3.63, 3.8) is 0 Å². The van der Waals surface area contributed by atoms with Gasteiger partial charge in [-0.3, -0.25) is 4.98 Å². The molecule has 8 nitrogen and oxygen atoms in total. The van der Waals surface area contributed by atoms with E-state index in [1.54, 1.807) is 60.9 Å². The molecule has 0 aliphatic heterocycles. The highest BCUT2D eigenvalue weighted by atomic mass is 16.5. The van der Waals surface area contributed by atoms with E-state index in [-0.39, 0.29) is 23.9 Å². The molecule has 0 spiro atoms. The fourth-order valence-corrected chi connectivity index (χ4v) is 3.22. The molecule has 0 saturated carbocycles. The number of aromatic hydroxyl groups is 1. The maximum atomic E-state index is 12.5. The van der Waals surface area contributed by atoms with Crippen LogP contribution in [0, 0.1) is 0 Å². The number of aromatic nitrogens is 1. The van der Waals surface area contributed by atoms with Crippen LogP contribution in [0.15, 0.2) is 88.3 Å². The van der Waals surface area contributed by atoms with E-state index in [1.165, 1.54) is 13.2 Å². The second-order valence-corrected chi connectivity index (χ2v) is 7.22. The van der Waals surface area contributed by atoms with Crippen molar-refractivity contribution in [1.82, 2.24) is 4.98 Å². The molecule has 8 heteroatoms. The quantitative estimate of drug-likeness (QED) is 0.388. The van der Waals surface area contributed by atoms with Gasteiger partial charge in [0.1, 0.15) is 24.7 Å². The van der Waals surface area contributed by atoms with Gasteiger partial charge in [-0.1, -0.05) is 24.3 Å². The van der Waals surface area contributed by atoms with Crippen LogP contribution >= 0.6 is 0 Å². The van der Waals surface area contributed by atoms with Crippen LogP contribution in [0.2, 0.25) is 0 Å². The van der Waals surface area contributed by atoms with Gasteiger partial charge in [0.15, 0.2) is 5.75 Å². The van der Waals surface area contributed by atoms with Gasteiger partial charge in [0, 0.05) is 35.2 Å². The summed E-state index contributed by atoms with van der Waals surface area (Å²) in [5.74, 6) is -0.454. The summed E-state index contributed by atoms with van der Waals surface area (Å²) in [6.45, 7) is 0.236. The zero-order chi connectivity index (χ0) is 23.9. The van der Waals surface area contributed by atoms with Gasteiger partial charge in [0.25, 0.3) is 0 Å². The molecule has 172 valence electrons. The molecule has 0 saturated heterocycles. The molecular weight excluding hydrogens is 438 g/mol. The lowest BCUT2D eigenvalue weighted by Gasteiger charge is -2.11. The molecule has 0 aliphatic carbocycles. The standard InChI is InChI=1S/C26H21NO7/c1-31-25(29)21-7-3-2-6-19(21)16-33-24-22(28)13-23(34-26(24)30)18-8-10-20(11-9-18)32-15-17-5-4-12-27-14-17/h2-14,28H,15-16H2,1H3. The predicted molar refractivity (Wildman–Crippen MR) is 123 cm³/mol. The molecule has 2 heterocycles. The van der Waals surface area contributed by atoms with E-state index in [2.05, 4.69) is 4.98 Å². The number of methoxy groups -OCH3 is 1.